The Morgan fingerprint density at radius 1 is 1.03 bits per heavy atom. The number of halogens is 3. The number of methoxy groups -OCH3 is 1. The van der Waals surface area contributed by atoms with Crippen molar-refractivity contribution in [1.82, 2.24) is 9.47 Å². The van der Waals surface area contributed by atoms with Crippen molar-refractivity contribution in [3.05, 3.63) is 82.9 Å². The first-order valence-electron chi connectivity index (χ1n) is 9.37. The predicted molar refractivity (Wildman–Crippen MR) is 102 cm³/mol. The Morgan fingerprint density at radius 3 is 2.59 bits per heavy atom. The molecule has 2 aromatic carbocycles. The van der Waals surface area contributed by atoms with Crippen LogP contribution in [0, 0.1) is 17.5 Å². The molecular weight excluding hydrogens is 381 g/mol. The lowest BCUT2D eigenvalue weighted by atomic mass is 10.00. The molecule has 4 rings (SSSR count). The Hall–Kier alpha value is -2.93. The molecule has 0 spiro atoms. The molecule has 0 fully saturated rings. The molecule has 0 aliphatic carbocycles. The number of aromatic nitrogens is 1. The van der Waals surface area contributed by atoms with Gasteiger partial charge in [0, 0.05) is 43.2 Å². The molecule has 7 heteroatoms. The first-order chi connectivity index (χ1) is 14.0. The van der Waals surface area contributed by atoms with Crippen molar-refractivity contribution in [3.63, 3.8) is 0 Å². The molecule has 3 aromatic rings. The summed E-state index contributed by atoms with van der Waals surface area (Å²) < 4.78 is 49.3. The van der Waals surface area contributed by atoms with Crippen LogP contribution in [-0.4, -0.2) is 28.2 Å². The number of benzene rings is 2. The van der Waals surface area contributed by atoms with Crippen LogP contribution in [0.1, 0.15) is 29.3 Å². The third-order valence-corrected chi connectivity index (χ3v) is 5.32. The molecule has 1 unspecified atom stereocenters. The summed E-state index contributed by atoms with van der Waals surface area (Å²) in [7, 11) is 1.47. The normalized spacial score (nSPS) is 17.0. The van der Waals surface area contributed by atoms with Gasteiger partial charge in [-0.2, -0.15) is 0 Å². The fourth-order valence-corrected chi connectivity index (χ4v) is 3.98. The SMILES string of the molecule is COc1ccc(CN2CCCn3cccc3C2c2cc(F)c(F)cc2F)cc1O. The van der Waals surface area contributed by atoms with E-state index >= 15 is 0 Å². The van der Waals surface area contributed by atoms with E-state index in [0.717, 1.165) is 30.3 Å². The zero-order valence-electron chi connectivity index (χ0n) is 15.9. The first-order valence-corrected chi connectivity index (χ1v) is 9.37. The van der Waals surface area contributed by atoms with Gasteiger partial charge in [-0.25, -0.2) is 13.2 Å². The number of phenols is 1. The third-order valence-electron chi connectivity index (χ3n) is 5.32. The Bertz CT molecular complexity index is 1030. The van der Waals surface area contributed by atoms with E-state index in [0.29, 0.717) is 24.9 Å². The number of nitrogens with zero attached hydrogens (tertiary/aromatic N) is 2. The monoisotopic (exact) mass is 402 g/mol. The lowest BCUT2D eigenvalue weighted by Gasteiger charge is -2.31. The average molecular weight is 402 g/mol. The maximum atomic E-state index is 14.7. The van der Waals surface area contributed by atoms with Gasteiger partial charge in [-0.05, 0) is 42.3 Å². The van der Waals surface area contributed by atoms with Crippen LogP contribution in [0.4, 0.5) is 13.2 Å². The molecule has 29 heavy (non-hydrogen) atoms. The van der Waals surface area contributed by atoms with Crippen LogP contribution in [0.25, 0.3) is 0 Å². The Kier molecular flexibility index (Phi) is 5.24. The molecule has 0 amide bonds. The number of rotatable bonds is 4. The lowest BCUT2D eigenvalue weighted by Crippen LogP contribution is -2.30. The van der Waals surface area contributed by atoms with E-state index in [1.165, 1.54) is 7.11 Å². The summed E-state index contributed by atoms with van der Waals surface area (Å²) in [5.41, 5.74) is 1.70. The van der Waals surface area contributed by atoms with E-state index < -0.39 is 23.5 Å². The van der Waals surface area contributed by atoms with Crippen LogP contribution in [0.2, 0.25) is 0 Å². The number of phenolic OH excluding ortho intramolecular Hbond substituents is 1. The molecule has 0 saturated carbocycles. The molecule has 1 aliphatic rings. The summed E-state index contributed by atoms with van der Waals surface area (Å²) in [6.45, 7) is 1.76. The quantitative estimate of drug-likeness (QED) is 0.648. The highest BCUT2D eigenvalue weighted by atomic mass is 19.2. The largest absolute Gasteiger partial charge is 0.504 e. The average Bonchev–Trinajstić information content (AvgIpc) is 3.07. The molecule has 1 N–H and O–H groups in total. The van der Waals surface area contributed by atoms with Gasteiger partial charge in [0.2, 0.25) is 0 Å². The second-order valence-corrected chi connectivity index (χ2v) is 7.15. The zero-order chi connectivity index (χ0) is 20.5. The third kappa shape index (κ3) is 3.70. The van der Waals surface area contributed by atoms with Gasteiger partial charge in [-0.15, -0.1) is 0 Å². The summed E-state index contributed by atoms with van der Waals surface area (Å²) in [4.78, 5) is 2.01. The zero-order valence-corrected chi connectivity index (χ0v) is 15.9. The van der Waals surface area contributed by atoms with Crippen LogP contribution < -0.4 is 4.74 Å². The van der Waals surface area contributed by atoms with E-state index in [-0.39, 0.29) is 11.3 Å². The van der Waals surface area contributed by atoms with Crippen LogP contribution >= 0.6 is 0 Å². The summed E-state index contributed by atoms with van der Waals surface area (Å²) in [6.07, 6.45) is 2.72. The molecule has 2 heterocycles. The molecule has 1 aliphatic heterocycles. The van der Waals surface area contributed by atoms with E-state index in [4.69, 9.17) is 4.74 Å². The van der Waals surface area contributed by atoms with Gasteiger partial charge < -0.3 is 14.4 Å². The van der Waals surface area contributed by atoms with Gasteiger partial charge in [-0.3, -0.25) is 4.90 Å². The summed E-state index contributed by atoms with van der Waals surface area (Å²) in [5.74, 6) is -2.70. The maximum absolute atomic E-state index is 14.7. The van der Waals surface area contributed by atoms with Crippen LogP contribution in [0.3, 0.4) is 0 Å². The number of hydrogen-bond acceptors (Lipinski definition) is 3. The Morgan fingerprint density at radius 2 is 1.83 bits per heavy atom. The van der Waals surface area contributed by atoms with Gasteiger partial charge in [-0.1, -0.05) is 6.07 Å². The topological polar surface area (TPSA) is 37.6 Å². The lowest BCUT2D eigenvalue weighted by molar-refractivity contribution is 0.215. The van der Waals surface area contributed by atoms with Gasteiger partial charge in [0.05, 0.1) is 13.2 Å². The fourth-order valence-electron chi connectivity index (χ4n) is 3.98. The molecule has 0 saturated heterocycles. The maximum Gasteiger partial charge on any atom is 0.161 e. The Labute approximate surface area is 166 Å². The van der Waals surface area contributed by atoms with Crippen LogP contribution in [-0.2, 0) is 13.1 Å². The molecule has 1 atom stereocenters. The predicted octanol–water partition coefficient (Wildman–Crippen LogP) is 4.61. The first kappa shape index (κ1) is 19.4. The van der Waals surface area contributed by atoms with Gasteiger partial charge >= 0.3 is 0 Å². The van der Waals surface area contributed by atoms with E-state index in [1.54, 1.807) is 12.1 Å². The fraction of sp³-hybridized carbons (Fsp3) is 0.273. The van der Waals surface area contributed by atoms with Crippen LogP contribution in [0.15, 0.2) is 48.7 Å². The van der Waals surface area contributed by atoms with Crippen molar-refractivity contribution in [3.8, 4) is 11.5 Å². The van der Waals surface area contributed by atoms with Gasteiger partial charge in [0.1, 0.15) is 5.82 Å². The molecule has 4 nitrogen and oxygen atoms in total. The number of aromatic hydroxyl groups is 1. The van der Waals surface area contributed by atoms with Crippen molar-refractivity contribution >= 4 is 0 Å². The minimum absolute atomic E-state index is 0.0127. The van der Waals surface area contributed by atoms with Crippen molar-refractivity contribution in [1.29, 1.82) is 0 Å². The highest BCUT2D eigenvalue weighted by Gasteiger charge is 2.30. The smallest absolute Gasteiger partial charge is 0.161 e. The second-order valence-electron chi connectivity index (χ2n) is 7.15. The van der Waals surface area contributed by atoms with Crippen molar-refractivity contribution in [2.24, 2.45) is 0 Å². The van der Waals surface area contributed by atoms with E-state index in [2.05, 4.69) is 0 Å². The number of aryl methyl sites for hydroxylation is 1. The molecule has 0 bridgehead atoms. The standard InChI is InChI=1S/C22H21F3N2O2/c1-29-21-6-5-14(10-20(21)28)13-27-9-3-8-26-7-2-4-19(26)22(27)15-11-17(24)18(25)12-16(15)23/h2,4-7,10-12,22,28H,3,8-9,13H2,1H3. The molecular formula is C22H21F3N2O2. The summed E-state index contributed by atoms with van der Waals surface area (Å²) >= 11 is 0. The van der Waals surface area contributed by atoms with Crippen molar-refractivity contribution < 1.29 is 23.0 Å². The van der Waals surface area contributed by atoms with Crippen LogP contribution in [0.5, 0.6) is 11.5 Å². The highest BCUT2D eigenvalue weighted by molar-refractivity contribution is 5.42. The van der Waals surface area contributed by atoms with Gasteiger partial charge in [0.25, 0.3) is 0 Å². The Balaban J connectivity index is 1.77. The summed E-state index contributed by atoms with van der Waals surface area (Å²) in [5, 5.41) is 10.1. The molecule has 1 aromatic heterocycles. The van der Waals surface area contributed by atoms with Crippen molar-refractivity contribution in [2.45, 2.75) is 25.6 Å². The number of ether oxygens (including phenoxy) is 1. The molecule has 152 valence electrons. The van der Waals surface area contributed by atoms with Crippen molar-refractivity contribution in [2.75, 3.05) is 13.7 Å². The number of hydrogen-bond donors (Lipinski definition) is 1. The number of fused-ring (bicyclic) bond motifs is 1. The van der Waals surface area contributed by atoms with Gasteiger partial charge in [0.15, 0.2) is 23.1 Å². The van der Waals surface area contributed by atoms with E-state index in [9.17, 15) is 18.3 Å². The molecule has 0 radical (unpaired) electrons. The summed E-state index contributed by atoms with van der Waals surface area (Å²) in [6, 6.07) is 9.77. The van der Waals surface area contributed by atoms with E-state index in [1.807, 2.05) is 33.9 Å². The minimum atomic E-state index is -1.21. The minimum Gasteiger partial charge on any atom is -0.504 e. The highest BCUT2D eigenvalue weighted by Crippen LogP contribution is 2.36. The second kappa shape index (κ2) is 7.83.